The third-order valence-electron chi connectivity index (χ3n) is 0. The standard InChI is InChI=1S/2CH2O3.Al.H3N.Na/c2*2-1(3)4;;;/h2*(H2,2,3,4);;1H3;/q;;+3;;+1/p-4. The fourth-order valence-corrected chi connectivity index (χ4v) is 0. The van der Waals surface area contributed by atoms with Crippen molar-refractivity contribution in [1.82, 2.24) is 6.15 Å². The van der Waals surface area contributed by atoms with E-state index in [9.17, 15) is 0 Å². The van der Waals surface area contributed by atoms with Gasteiger partial charge in [-0.2, -0.15) is 0 Å². The molecule has 9 heteroatoms. The van der Waals surface area contributed by atoms with Gasteiger partial charge in [-0.1, -0.05) is 0 Å². The molecule has 0 spiro atoms. The van der Waals surface area contributed by atoms with Crippen LogP contribution in [-0.2, 0) is 0 Å². The van der Waals surface area contributed by atoms with Crippen LogP contribution < -0.4 is 56.1 Å². The van der Waals surface area contributed by atoms with Crippen molar-refractivity contribution < 1.29 is 59.6 Å². The van der Waals surface area contributed by atoms with E-state index in [0.717, 1.165) is 0 Å². The van der Waals surface area contributed by atoms with Crippen LogP contribution in [0.2, 0.25) is 0 Å². The van der Waals surface area contributed by atoms with Crippen molar-refractivity contribution in [3.8, 4) is 0 Å². The van der Waals surface area contributed by atoms with E-state index >= 15 is 0 Å². The first kappa shape index (κ1) is 30.5. The summed E-state index contributed by atoms with van der Waals surface area (Å²) < 4.78 is 0. The molecule has 0 bridgehead atoms. The fraction of sp³-hybridized carbons (Fsp3) is 0. The summed E-state index contributed by atoms with van der Waals surface area (Å²) in [7, 11) is 0. The molecule has 0 atom stereocenters. The molecule has 0 saturated heterocycles. The maximum Gasteiger partial charge on any atom is 3.00 e. The summed E-state index contributed by atoms with van der Waals surface area (Å²) in [5, 5.41) is 33.3. The Hall–Kier alpha value is 0.0325. The van der Waals surface area contributed by atoms with Gasteiger partial charge in [0.1, 0.15) is 0 Å². The van der Waals surface area contributed by atoms with Gasteiger partial charge in [0.15, 0.2) is 0 Å². The Morgan fingerprint density at radius 3 is 0.818 bits per heavy atom. The van der Waals surface area contributed by atoms with Crippen molar-refractivity contribution in [1.29, 1.82) is 0 Å². The van der Waals surface area contributed by atoms with Gasteiger partial charge in [0.25, 0.3) is 0 Å². The van der Waals surface area contributed by atoms with Crippen molar-refractivity contribution in [2.75, 3.05) is 0 Å². The van der Waals surface area contributed by atoms with Gasteiger partial charge in [-0.3, -0.25) is 0 Å². The summed E-state index contributed by atoms with van der Waals surface area (Å²) in [6.45, 7) is 0. The molecule has 0 rings (SSSR count). The molecule has 0 amide bonds. The first-order valence-corrected chi connectivity index (χ1v) is 1.22. The number of carbonyl (C=O) groups is 2. The molecule has 0 aliphatic rings. The zero-order valence-electron chi connectivity index (χ0n) is 5.73. The van der Waals surface area contributed by atoms with E-state index in [1.165, 1.54) is 0 Å². The van der Waals surface area contributed by atoms with Gasteiger partial charge in [0.2, 0.25) is 0 Å². The average Bonchev–Trinajstić information content (AvgIpc) is 1.25. The molecular formula is C2H3AlNNaO6. The number of rotatable bonds is 0. The average molecular weight is 187 g/mol. The molecule has 0 radical (unpaired) electrons. The van der Waals surface area contributed by atoms with Gasteiger partial charge >= 0.3 is 46.9 Å². The molecule has 0 heterocycles. The van der Waals surface area contributed by atoms with Crippen LogP contribution in [0, 0.1) is 0 Å². The molecule has 0 aromatic carbocycles. The van der Waals surface area contributed by atoms with E-state index in [2.05, 4.69) is 0 Å². The predicted molar refractivity (Wildman–Crippen MR) is 21.6 cm³/mol. The zero-order valence-corrected chi connectivity index (χ0v) is 8.89. The molecule has 0 unspecified atom stereocenters. The van der Waals surface area contributed by atoms with E-state index in [4.69, 9.17) is 30.0 Å². The number of carbonyl (C=O) groups excluding carboxylic acids is 2. The molecule has 0 aromatic heterocycles. The molecule has 0 aromatic rings. The van der Waals surface area contributed by atoms with Crippen molar-refractivity contribution in [3.05, 3.63) is 0 Å². The second-order valence-corrected chi connectivity index (χ2v) is 0.500. The first-order chi connectivity index (χ1) is 3.46. The van der Waals surface area contributed by atoms with Gasteiger partial charge < -0.3 is 36.2 Å². The molecule has 7 nitrogen and oxygen atoms in total. The van der Waals surface area contributed by atoms with Gasteiger partial charge in [0.05, 0.1) is 0 Å². The van der Waals surface area contributed by atoms with Crippen molar-refractivity contribution >= 4 is 29.7 Å². The zero-order chi connectivity index (χ0) is 7.15. The normalized spacial score (nSPS) is 4.36. The van der Waals surface area contributed by atoms with Gasteiger partial charge in [0, 0.05) is 0 Å². The third kappa shape index (κ3) is 614000. The summed E-state index contributed by atoms with van der Waals surface area (Å²) in [6, 6.07) is 0. The molecule has 3 N–H and O–H groups in total. The fourth-order valence-electron chi connectivity index (χ4n) is 0. The molecule has 0 fully saturated rings. The molecule has 56 valence electrons. The molecule has 0 aliphatic carbocycles. The number of carboxylic acid groups (broad SMARTS) is 4. The van der Waals surface area contributed by atoms with E-state index in [-0.39, 0.29) is 53.1 Å². The molecule has 0 saturated carbocycles. The van der Waals surface area contributed by atoms with Crippen LogP contribution in [0.15, 0.2) is 0 Å². The maximum atomic E-state index is 8.33. The summed E-state index contributed by atoms with van der Waals surface area (Å²) in [5.41, 5.74) is 0. The second kappa shape index (κ2) is 22.5. The van der Waals surface area contributed by atoms with Crippen molar-refractivity contribution in [2.24, 2.45) is 0 Å². The minimum absolute atomic E-state index is 0. The topological polar surface area (TPSA) is 161 Å². The number of hydrogen-bond acceptors (Lipinski definition) is 7. The Labute approximate surface area is 95.0 Å². The predicted octanol–water partition coefficient (Wildman–Crippen LogP) is -8.11. The van der Waals surface area contributed by atoms with Gasteiger partial charge in [-0.05, 0) is 12.3 Å². The minimum Gasteiger partial charge on any atom is -0.652 e. The Morgan fingerprint density at radius 2 is 0.818 bits per heavy atom. The summed E-state index contributed by atoms with van der Waals surface area (Å²) in [6.07, 6.45) is -4.67. The third-order valence-corrected chi connectivity index (χ3v) is 0. The van der Waals surface area contributed by atoms with Crippen LogP contribution in [-0.4, -0.2) is 29.7 Å². The quantitative estimate of drug-likeness (QED) is 0.368. The SMILES string of the molecule is N.O=C([O-])[O-].O=C([O-])[O-].[Al+3].[Na+]. The van der Waals surface area contributed by atoms with Gasteiger partial charge in [-0.25, -0.2) is 0 Å². The van der Waals surface area contributed by atoms with Crippen molar-refractivity contribution in [3.63, 3.8) is 0 Å². The summed E-state index contributed by atoms with van der Waals surface area (Å²) in [4.78, 5) is 16.7. The van der Waals surface area contributed by atoms with Crippen LogP contribution in [0.25, 0.3) is 0 Å². The largest absolute Gasteiger partial charge is 3.00 e. The molecule has 11 heavy (non-hydrogen) atoms. The van der Waals surface area contributed by atoms with E-state index in [0.29, 0.717) is 0 Å². The monoisotopic (exact) mass is 187 g/mol. The second-order valence-electron chi connectivity index (χ2n) is 0.500. The molecule has 0 aliphatic heterocycles. The van der Waals surface area contributed by atoms with Crippen LogP contribution in [0.1, 0.15) is 0 Å². The van der Waals surface area contributed by atoms with Crippen LogP contribution in [0.4, 0.5) is 9.59 Å². The Bertz CT molecular complexity index is 78.6. The van der Waals surface area contributed by atoms with Crippen LogP contribution >= 0.6 is 0 Å². The maximum absolute atomic E-state index is 8.33. The number of hydrogen-bond donors (Lipinski definition) is 1. The Kier molecular flexibility index (Phi) is 62.4. The molecular weight excluding hydrogens is 184 g/mol. The van der Waals surface area contributed by atoms with Crippen LogP contribution in [0.5, 0.6) is 0 Å². The minimum atomic E-state index is -2.33. The van der Waals surface area contributed by atoms with Crippen molar-refractivity contribution in [2.45, 2.75) is 0 Å². The summed E-state index contributed by atoms with van der Waals surface area (Å²) in [5.74, 6) is 0. The van der Waals surface area contributed by atoms with Gasteiger partial charge in [-0.15, -0.1) is 0 Å². The van der Waals surface area contributed by atoms with E-state index in [1.807, 2.05) is 0 Å². The first-order valence-electron chi connectivity index (χ1n) is 1.22. The Morgan fingerprint density at radius 1 is 0.818 bits per heavy atom. The summed E-state index contributed by atoms with van der Waals surface area (Å²) >= 11 is 0. The smallest absolute Gasteiger partial charge is 0.652 e. The van der Waals surface area contributed by atoms with E-state index < -0.39 is 12.3 Å². The van der Waals surface area contributed by atoms with E-state index in [1.54, 1.807) is 0 Å². The Balaban J connectivity index is -0.0000000171. The van der Waals surface area contributed by atoms with Crippen LogP contribution in [0.3, 0.4) is 0 Å².